The maximum atomic E-state index is 13.0. The van der Waals surface area contributed by atoms with Crippen LogP contribution in [0.1, 0.15) is 12.1 Å². The average Bonchev–Trinajstić information content (AvgIpc) is 3.28. The summed E-state index contributed by atoms with van der Waals surface area (Å²) in [5.74, 6) is -0.343. The number of carbonyl (C=O) groups is 2. The van der Waals surface area contributed by atoms with E-state index in [1.807, 2.05) is 37.3 Å². The lowest BCUT2D eigenvalue weighted by molar-refractivity contribution is 0.202. The molecule has 4 amide bonds. The molecule has 1 aliphatic rings. The molecule has 1 unspecified atom stereocenters. The summed E-state index contributed by atoms with van der Waals surface area (Å²) in [6.07, 6.45) is 0.849. The van der Waals surface area contributed by atoms with Gasteiger partial charge >= 0.3 is 12.1 Å². The van der Waals surface area contributed by atoms with E-state index >= 15 is 0 Å². The van der Waals surface area contributed by atoms with Gasteiger partial charge in [0.05, 0.1) is 11.2 Å². The van der Waals surface area contributed by atoms with E-state index in [0.29, 0.717) is 18.8 Å². The number of pyridine rings is 1. The zero-order valence-corrected chi connectivity index (χ0v) is 19.3. The van der Waals surface area contributed by atoms with Gasteiger partial charge in [-0.1, -0.05) is 18.2 Å². The number of para-hydroxylation sites is 1. The van der Waals surface area contributed by atoms with Gasteiger partial charge in [-0.25, -0.2) is 14.0 Å². The first-order chi connectivity index (χ1) is 16.4. The number of carbonyl (C=O) groups excluding carboxylic acids is 2. The number of nitrogens with zero attached hydrogens (tertiary/aromatic N) is 3. The zero-order valence-electron chi connectivity index (χ0n) is 19.3. The molecule has 1 atom stereocenters. The highest BCUT2D eigenvalue weighted by atomic mass is 19.1. The molecule has 34 heavy (non-hydrogen) atoms. The summed E-state index contributed by atoms with van der Waals surface area (Å²) < 4.78 is 13.0. The number of hydrogen-bond donors (Lipinski definition) is 3. The van der Waals surface area contributed by atoms with Gasteiger partial charge in [0.1, 0.15) is 5.82 Å². The highest BCUT2D eigenvalue weighted by Crippen LogP contribution is 2.22. The maximum Gasteiger partial charge on any atom is 0.321 e. The predicted molar refractivity (Wildman–Crippen MR) is 132 cm³/mol. The molecule has 1 aromatic heterocycles. The summed E-state index contributed by atoms with van der Waals surface area (Å²) in [6.45, 7) is 4.65. The lowest BCUT2D eigenvalue weighted by Gasteiger charge is -2.25. The van der Waals surface area contributed by atoms with Crippen molar-refractivity contribution in [2.75, 3.05) is 43.9 Å². The van der Waals surface area contributed by atoms with Crippen molar-refractivity contribution < 1.29 is 14.0 Å². The van der Waals surface area contributed by atoms with Crippen molar-refractivity contribution in [2.45, 2.75) is 19.4 Å². The molecular formula is C25H29FN6O2. The summed E-state index contributed by atoms with van der Waals surface area (Å²) >= 11 is 0. The third-order valence-corrected chi connectivity index (χ3v) is 6.02. The number of likely N-dealkylation sites (tertiary alicyclic amines) is 1. The zero-order chi connectivity index (χ0) is 24.1. The number of rotatable bonds is 6. The van der Waals surface area contributed by atoms with Crippen molar-refractivity contribution in [1.82, 2.24) is 20.1 Å². The smallest absolute Gasteiger partial charge is 0.321 e. The number of amides is 4. The summed E-state index contributed by atoms with van der Waals surface area (Å²) in [4.78, 5) is 33.4. The molecule has 178 valence electrons. The molecular weight excluding hydrogens is 435 g/mol. The Morgan fingerprint density at radius 1 is 1.15 bits per heavy atom. The fourth-order valence-corrected chi connectivity index (χ4v) is 4.15. The van der Waals surface area contributed by atoms with E-state index in [9.17, 15) is 14.0 Å². The minimum absolute atomic E-state index is 0.0698. The van der Waals surface area contributed by atoms with Crippen molar-refractivity contribution in [3.63, 3.8) is 0 Å². The fourth-order valence-electron chi connectivity index (χ4n) is 4.15. The number of nitrogens with one attached hydrogen (secondary N) is 3. The Morgan fingerprint density at radius 2 is 1.91 bits per heavy atom. The summed E-state index contributed by atoms with van der Waals surface area (Å²) in [5.41, 5.74) is 2.97. The predicted octanol–water partition coefficient (Wildman–Crippen LogP) is 4.04. The van der Waals surface area contributed by atoms with Gasteiger partial charge in [0.15, 0.2) is 0 Å². The van der Waals surface area contributed by atoms with Crippen LogP contribution in [-0.2, 0) is 0 Å². The standard InChI is InChI=1S/C25H29FN6O2/c1-17-15-23(21-5-3-4-6-22(21)28-17)30-24(33)27-12-14-32-13-11-20(16-32)31(2)25(34)29-19-9-7-18(26)8-10-19/h3-10,15,20H,11-14,16H2,1-2H3,(H,29,34)(H2,27,28,30,33). The van der Waals surface area contributed by atoms with Crippen LogP contribution < -0.4 is 16.0 Å². The van der Waals surface area contributed by atoms with Gasteiger partial charge in [0.2, 0.25) is 0 Å². The molecule has 0 radical (unpaired) electrons. The first-order valence-electron chi connectivity index (χ1n) is 11.3. The SMILES string of the molecule is Cc1cc(NC(=O)NCCN2CCC(N(C)C(=O)Nc3ccc(F)cc3)C2)c2ccccc2n1. The molecule has 9 heteroatoms. The number of aryl methyl sites for hydroxylation is 1. The van der Waals surface area contributed by atoms with Crippen molar-refractivity contribution >= 4 is 34.3 Å². The Bertz CT molecular complexity index is 1170. The Morgan fingerprint density at radius 3 is 2.71 bits per heavy atom. The van der Waals surface area contributed by atoms with E-state index < -0.39 is 0 Å². The van der Waals surface area contributed by atoms with Crippen LogP contribution in [0.3, 0.4) is 0 Å². The van der Waals surface area contributed by atoms with Gasteiger partial charge in [-0.05, 0) is 49.7 Å². The van der Waals surface area contributed by atoms with Crippen LogP contribution in [0, 0.1) is 12.7 Å². The van der Waals surface area contributed by atoms with E-state index in [1.165, 1.54) is 24.3 Å². The molecule has 2 aromatic carbocycles. The second-order valence-electron chi connectivity index (χ2n) is 8.50. The third-order valence-electron chi connectivity index (χ3n) is 6.02. The van der Waals surface area contributed by atoms with Crippen LogP contribution in [0.4, 0.5) is 25.4 Å². The molecule has 1 aliphatic heterocycles. The Kier molecular flexibility index (Phi) is 7.22. The minimum atomic E-state index is -0.343. The van der Waals surface area contributed by atoms with Crippen LogP contribution >= 0.6 is 0 Å². The molecule has 0 spiro atoms. The Balaban J connectivity index is 1.22. The lowest BCUT2D eigenvalue weighted by Crippen LogP contribution is -2.42. The summed E-state index contributed by atoms with van der Waals surface area (Å²) in [5, 5.41) is 9.52. The molecule has 0 saturated carbocycles. The molecule has 0 aliphatic carbocycles. The number of urea groups is 2. The van der Waals surface area contributed by atoms with Crippen LogP contribution in [0.25, 0.3) is 10.9 Å². The van der Waals surface area contributed by atoms with Gasteiger partial charge in [-0.3, -0.25) is 9.88 Å². The monoisotopic (exact) mass is 464 g/mol. The number of likely N-dealkylation sites (N-methyl/N-ethyl adjacent to an activating group) is 1. The number of halogens is 1. The summed E-state index contributed by atoms with van der Waals surface area (Å²) in [6, 6.07) is 14.8. The van der Waals surface area contributed by atoms with Gasteiger partial charge in [0, 0.05) is 56.0 Å². The van der Waals surface area contributed by atoms with E-state index in [-0.39, 0.29) is 23.9 Å². The van der Waals surface area contributed by atoms with Crippen molar-refractivity contribution in [1.29, 1.82) is 0 Å². The van der Waals surface area contributed by atoms with Gasteiger partial charge < -0.3 is 20.9 Å². The van der Waals surface area contributed by atoms with Gasteiger partial charge in [-0.15, -0.1) is 0 Å². The van der Waals surface area contributed by atoms with Crippen LogP contribution in [0.15, 0.2) is 54.6 Å². The molecule has 3 N–H and O–H groups in total. The van der Waals surface area contributed by atoms with Crippen molar-refractivity contribution in [2.24, 2.45) is 0 Å². The average molecular weight is 465 g/mol. The van der Waals surface area contributed by atoms with Gasteiger partial charge in [-0.2, -0.15) is 0 Å². The molecule has 2 heterocycles. The highest BCUT2D eigenvalue weighted by Gasteiger charge is 2.28. The molecule has 1 fully saturated rings. The Hall–Kier alpha value is -3.72. The number of hydrogen-bond acceptors (Lipinski definition) is 4. The minimum Gasteiger partial charge on any atom is -0.337 e. The third kappa shape index (κ3) is 5.79. The second-order valence-corrected chi connectivity index (χ2v) is 8.50. The van der Waals surface area contributed by atoms with Crippen LogP contribution in [-0.4, -0.2) is 66.1 Å². The molecule has 4 rings (SSSR count). The topological polar surface area (TPSA) is 89.6 Å². The van der Waals surface area contributed by atoms with Crippen LogP contribution in [0.2, 0.25) is 0 Å². The molecule has 8 nitrogen and oxygen atoms in total. The lowest BCUT2D eigenvalue weighted by atomic mass is 10.1. The maximum absolute atomic E-state index is 13.0. The first-order valence-corrected chi connectivity index (χ1v) is 11.3. The number of aromatic nitrogens is 1. The fraction of sp³-hybridized carbons (Fsp3) is 0.320. The normalized spacial score (nSPS) is 15.8. The number of benzene rings is 2. The second kappa shape index (κ2) is 10.5. The van der Waals surface area contributed by atoms with E-state index in [2.05, 4.69) is 25.8 Å². The van der Waals surface area contributed by atoms with E-state index in [0.717, 1.165) is 41.8 Å². The van der Waals surface area contributed by atoms with Crippen LogP contribution in [0.5, 0.6) is 0 Å². The first kappa shape index (κ1) is 23.4. The quantitative estimate of drug-likeness (QED) is 0.514. The number of anilines is 2. The number of fused-ring (bicyclic) bond motifs is 1. The molecule has 1 saturated heterocycles. The molecule has 3 aromatic rings. The van der Waals surface area contributed by atoms with E-state index in [1.54, 1.807) is 11.9 Å². The van der Waals surface area contributed by atoms with Crippen molar-refractivity contribution in [3.8, 4) is 0 Å². The Labute approximate surface area is 198 Å². The molecule has 0 bridgehead atoms. The summed E-state index contributed by atoms with van der Waals surface area (Å²) in [7, 11) is 1.76. The van der Waals surface area contributed by atoms with Crippen molar-refractivity contribution in [3.05, 3.63) is 66.1 Å². The largest absolute Gasteiger partial charge is 0.337 e. The van der Waals surface area contributed by atoms with Gasteiger partial charge in [0.25, 0.3) is 0 Å². The highest BCUT2D eigenvalue weighted by molar-refractivity contribution is 6.00. The van der Waals surface area contributed by atoms with E-state index in [4.69, 9.17) is 0 Å².